The molecule has 0 radical (unpaired) electrons. The number of hydrogen-bond acceptors (Lipinski definition) is 3. The van der Waals surface area contributed by atoms with Crippen molar-refractivity contribution in [1.82, 2.24) is 5.43 Å². The summed E-state index contributed by atoms with van der Waals surface area (Å²) in [6.45, 7) is 0. The van der Waals surface area contributed by atoms with Crippen molar-refractivity contribution in [2.45, 2.75) is 44.6 Å². The summed E-state index contributed by atoms with van der Waals surface area (Å²) in [7, 11) is 1.48. The Hall–Kier alpha value is -1.13. The van der Waals surface area contributed by atoms with E-state index in [0.717, 1.165) is 36.2 Å². The Morgan fingerprint density at radius 3 is 2.81 bits per heavy atom. The quantitative estimate of drug-likeness (QED) is 0.626. The zero-order valence-electron chi connectivity index (χ0n) is 12.6. The average molecular weight is 292 g/mol. The van der Waals surface area contributed by atoms with Gasteiger partial charge in [-0.05, 0) is 67.6 Å². The van der Waals surface area contributed by atoms with Crippen molar-refractivity contribution < 1.29 is 9.13 Å². The van der Waals surface area contributed by atoms with Crippen LogP contribution in [0.1, 0.15) is 37.7 Å². The molecule has 116 valence electrons. The molecule has 4 unspecified atom stereocenters. The maximum atomic E-state index is 13.8. The third-order valence-corrected chi connectivity index (χ3v) is 5.41. The molecule has 4 heteroatoms. The summed E-state index contributed by atoms with van der Waals surface area (Å²) < 4.78 is 18.7. The molecule has 0 aromatic heterocycles. The number of ether oxygens (including phenoxy) is 1. The number of hydrogen-bond donors (Lipinski definition) is 2. The summed E-state index contributed by atoms with van der Waals surface area (Å²) in [6, 6.07) is 5.40. The molecular weight excluding hydrogens is 267 g/mol. The van der Waals surface area contributed by atoms with Crippen molar-refractivity contribution >= 4 is 0 Å². The molecule has 0 aliphatic heterocycles. The van der Waals surface area contributed by atoms with Crippen LogP contribution < -0.4 is 16.0 Å². The van der Waals surface area contributed by atoms with Crippen LogP contribution in [0.5, 0.6) is 5.75 Å². The van der Waals surface area contributed by atoms with Gasteiger partial charge < -0.3 is 4.74 Å². The maximum absolute atomic E-state index is 13.8. The lowest BCUT2D eigenvalue weighted by atomic mass is 9.83. The van der Waals surface area contributed by atoms with E-state index in [2.05, 4.69) is 5.43 Å². The second kappa shape index (κ2) is 6.32. The van der Waals surface area contributed by atoms with Gasteiger partial charge in [0.25, 0.3) is 0 Å². The first-order chi connectivity index (χ1) is 10.2. The van der Waals surface area contributed by atoms with Crippen molar-refractivity contribution in [2.24, 2.45) is 23.6 Å². The van der Waals surface area contributed by atoms with Crippen LogP contribution in [0.25, 0.3) is 0 Å². The fraction of sp³-hybridized carbons (Fsp3) is 0.647. The number of hydrazine groups is 1. The van der Waals surface area contributed by atoms with Gasteiger partial charge in [0, 0.05) is 6.04 Å². The molecule has 3 N–H and O–H groups in total. The minimum atomic E-state index is -0.300. The third-order valence-electron chi connectivity index (χ3n) is 5.41. The van der Waals surface area contributed by atoms with Gasteiger partial charge in [0.15, 0.2) is 11.6 Å². The predicted octanol–water partition coefficient (Wildman–Crippen LogP) is 3.04. The molecule has 21 heavy (non-hydrogen) atoms. The van der Waals surface area contributed by atoms with Gasteiger partial charge in [0.2, 0.25) is 0 Å². The van der Waals surface area contributed by atoms with Gasteiger partial charge in [0.1, 0.15) is 0 Å². The molecule has 2 aliphatic carbocycles. The molecular formula is C17H25FN2O. The van der Waals surface area contributed by atoms with Gasteiger partial charge in [-0.3, -0.25) is 11.3 Å². The Morgan fingerprint density at radius 2 is 2.24 bits per heavy atom. The fourth-order valence-electron chi connectivity index (χ4n) is 4.36. The fourth-order valence-corrected chi connectivity index (χ4v) is 4.36. The Bertz CT molecular complexity index is 494. The monoisotopic (exact) mass is 292 g/mol. The minimum Gasteiger partial charge on any atom is -0.494 e. The SMILES string of the molecule is COc1ccc(CC(CC2CC3CCC2C3)NN)cc1F. The first-order valence-corrected chi connectivity index (χ1v) is 7.98. The van der Waals surface area contributed by atoms with E-state index >= 15 is 0 Å². The van der Waals surface area contributed by atoms with Crippen LogP contribution in [0, 0.1) is 23.6 Å². The summed E-state index contributed by atoms with van der Waals surface area (Å²) in [5.74, 6) is 8.37. The van der Waals surface area contributed by atoms with E-state index in [9.17, 15) is 4.39 Å². The average Bonchev–Trinajstić information content (AvgIpc) is 3.09. The highest BCUT2D eigenvalue weighted by molar-refractivity contribution is 5.29. The number of rotatable bonds is 6. The molecule has 1 aromatic rings. The molecule has 2 aliphatic rings. The van der Waals surface area contributed by atoms with Crippen molar-refractivity contribution in [3.8, 4) is 5.75 Å². The summed E-state index contributed by atoms with van der Waals surface area (Å²) in [6.07, 6.45) is 7.46. The van der Waals surface area contributed by atoms with Gasteiger partial charge in [0.05, 0.1) is 7.11 Å². The lowest BCUT2D eigenvalue weighted by Crippen LogP contribution is -2.39. The van der Waals surface area contributed by atoms with Gasteiger partial charge in [-0.2, -0.15) is 0 Å². The van der Waals surface area contributed by atoms with Crippen LogP contribution in [0.15, 0.2) is 18.2 Å². The molecule has 3 nitrogen and oxygen atoms in total. The van der Waals surface area contributed by atoms with E-state index < -0.39 is 0 Å². The predicted molar refractivity (Wildman–Crippen MR) is 81.3 cm³/mol. The standard InChI is InChI=1S/C17H25FN2O/c1-21-17-5-3-12(9-16(17)18)8-15(20-19)10-14-7-11-2-4-13(14)6-11/h3,5,9,11,13-15,20H,2,4,6-8,10,19H2,1H3. The Balaban J connectivity index is 1.60. The van der Waals surface area contributed by atoms with E-state index in [-0.39, 0.29) is 11.9 Å². The highest BCUT2D eigenvalue weighted by Gasteiger charge is 2.39. The van der Waals surface area contributed by atoms with E-state index in [1.807, 2.05) is 6.07 Å². The Labute approximate surface area is 126 Å². The van der Waals surface area contributed by atoms with Gasteiger partial charge in [-0.15, -0.1) is 0 Å². The van der Waals surface area contributed by atoms with Crippen molar-refractivity contribution in [3.05, 3.63) is 29.6 Å². The first kappa shape index (κ1) is 14.8. The second-order valence-corrected chi connectivity index (χ2v) is 6.71. The number of methoxy groups -OCH3 is 1. The number of nitrogens with one attached hydrogen (secondary N) is 1. The molecule has 1 aromatic carbocycles. The van der Waals surface area contributed by atoms with Crippen LogP contribution >= 0.6 is 0 Å². The van der Waals surface area contributed by atoms with Crippen LogP contribution in [0.4, 0.5) is 4.39 Å². The summed E-state index contributed by atoms with van der Waals surface area (Å²) in [5.41, 5.74) is 3.90. The summed E-state index contributed by atoms with van der Waals surface area (Å²) >= 11 is 0. The zero-order chi connectivity index (χ0) is 14.8. The number of benzene rings is 1. The van der Waals surface area contributed by atoms with Crippen molar-refractivity contribution in [2.75, 3.05) is 7.11 Å². The Morgan fingerprint density at radius 1 is 1.38 bits per heavy atom. The highest BCUT2D eigenvalue weighted by atomic mass is 19.1. The number of fused-ring (bicyclic) bond motifs is 2. The molecule has 0 saturated heterocycles. The van der Waals surface area contributed by atoms with Gasteiger partial charge in [-0.1, -0.05) is 12.5 Å². The molecule has 2 fully saturated rings. The number of nitrogens with two attached hydrogens (primary N) is 1. The van der Waals surface area contributed by atoms with E-state index in [1.54, 1.807) is 12.1 Å². The minimum absolute atomic E-state index is 0.224. The molecule has 0 spiro atoms. The van der Waals surface area contributed by atoms with E-state index in [0.29, 0.717) is 5.75 Å². The van der Waals surface area contributed by atoms with Gasteiger partial charge in [-0.25, -0.2) is 4.39 Å². The molecule has 3 rings (SSSR count). The maximum Gasteiger partial charge on any atom is 0.165 e. The second-order valence-electron chi connectivity index (χ2n) is 6.71. The molecule has 0 amide bonds. The lowest BCUT2D eigenvalue weighted by molar-refractivity contribution is 0.277. The van der Waals surface area contributed by atoms with E-state index in [1.165, 1.54) is 32.8 Å². The topological polar surface area (TPSA) is 47.3 Å². The van der Waals surface area contributed by atoms with Crippen molar-refractivity contribution in [3.63, 3.8) is 0 Å². The molecule has 2 saturated carbocycles. The van der Waals surface area contributed by atoms with E-state index in [4.69, 9.17) is 10.6 Å². The lowest BCUT2D eigenvalue weighted by Gasteiger charge is -2.26. The van der Waals surface area contributed by atoms with Crippen molar-refractivity contribution in [1.29, 1.82) is 0 Å². The van der Waals surface area contributed by atoms with Crippen LogP contribution in [0.3, 0.4) is 0 Å². The molecule has 4 atom stereocenters. The Kier molecular flexibility index (Phi) is 4.45. The smallest absolute Gasteiger partial charge is 0.165 e. The zero-order valence-corrected chi connectivity index (χ0v) is 12.6. The largest absolute Gasteiger partial charge is 0.494 e. The van der Waals surface area contributed by atoms with Crippen LogP contribution in [-0.4, -0.2) is 13.2 Å². The van der Waals surface area contributed by atoms with Crippen LogP contribution in [-0.2, 0) is 6.42 Å². The van der Waals surface area contributed by atoms with Crippen LogP contribution in [0.2, 0.25) is 0 Å². The third kappa shape index (κ3) is 3.22. The van der Waals surface area contributed by atoms with Gasteiger partial charge >= 0.3 is 0 Å². The summed E-state index contributed by atoms with van der Waals surface area (Å²) in [4.78, 5) is 0. The number of halogens is 1. The summed E-state index contributed by atoms with van der Waals surface area (Å²) in [5, 5.41) is 0. The first-order valence-electron chi connectivity index (χ1n) is 7.98. The molecule has 0 heterocycles. The normalized spacial score (nSPS) is 28.8. The molecule has 2 bridgehead atoms. The highest BCUT2D eigenvalue weighted by Crippen LogP contribution is 2.49.